The van der Waals surface area contributed by atoms with E-state index in [9.17, 15) is 4.79 Å². The lowest BCUT2D eigenvalue weighted by Gasteiger charge is -2.28. The fraction of sp³-hybridized carbons (Fsp3) is 0.611. The Morgan fingerprint density at radius 2 is 1.86 bits per heavy atom. The minimum atomic E-state index is -0.726. The van der Waals surface area contributed by atoms with Gasteiger partial charge < -0.3 is 10.0 Å². The Hall–Kier alpha value is -1.51. The number of unbranched alkanes of at least 4 members (excludes halogenated alkanes) is 3. The number of hydrogen-bond acceptors (Lipinski definition) is 2. The second-order valence-corrected chi connectivity index (χ2v) is 5.90. The molecule has 0 atom stereocenters. The smallest absolute Gasteiger partial charge is 0.305 e. The number of anilines is 1. The molecule has 3 heteroatoms. The van der Waals surface area contributed by atoms with Crippen molar-refractivity contribution in [1.29, 1.82) is 0 Å². The Kier molecular flexibility index (Phi) is 7.88. The molecule has 0 aliphatic heterocycles. The first-order chi connectivity index (χ1) is 10.1. The Bertz CT molecular complexity index is 429. The van der Waals surface area contributed by atoms with Crippen molar-refractivity contribution in [3.8, 4) is 0 Å². The van der Waals surface area contributed by atoms with Gasteiger partial charge in [-0.1, -0.05) is 58.2 Å². The zero-order valence-electron chi connectivity index (χ0n) is 13.6. The van der Waals surface area contributed by atoms with Gasteiger partial charge in [-0.3, -0.25) is 4.79 Å². The number of carboxylic acids is 1. The average Bonchev–Trinajstić information content (AvgIpc) is 2.46. The summed E-state index contributed by atoms with van der Waals surface area (Å²) in [6.07, 6.45) is 5.00. The Labute approximate surface area is 129 Å². The minimum Gasteiger partial charge on any atom is -0.481 e. The molecule has 0 radical (unpaired) electrons. The van der Waals surface area contributed by atoms with Crippen molar-refractivity contribution < 1.29 is 9.90 Å². The maximum absolute atomic E-state index is 10.9. The third-order valence-electron chi connectivity index (χ3n) is 3.78. The molecule has 3 nitrogen and oxygen atoms in total. The highest BCUT2D eigenvalue weighted by molar-refractivity contribution is 5.68. The number of carbonyl (C=O) groups is 1. The average molecular weight is 291 g/mol. The van der Waals surface area contributed by atoms with Crippen LogP contribution >= 0.6 is 0 Å². The number of nitrogens with zero attached hydrogens (tertiary/aromatic N) is 1. The first-order valence-electron chi connectivity index (χ1n) is 8.12. The summed E-state index contributed by atoms with van der Waals surface area (Å²) in [6.45, 7) is 8.11. The van der Waals surface area contributed by atoms with E-state index in [-0.39, 0.29) is 6.42 Å². The highest BCUT2D eigenvalue weighted by atomic mass is 16.4. The van der Waals surface area contributed by atoms with E-state index in [0.717, 1.165) is 13.0 Å². The van der Waals surface area contributed by atoms with Gasteiger partial charge in [0.2, 0.25) is 0 Å². The molecular formula is C18H29NO2. The highest BCUT2D eigenvalue weighted by Gasteiger charge is 2.14. The molecule has 1 aromatic carbocycles. The Morgan fingerprint density at radius 1 is 1.14 bits per heavy atom. The summed E-state index contributed by atoms with van der Waals surface area (Å²) in [5, 5.41) is 8.97. The van der Waals surface area contributed by atoms with Crippen molar-refractivity contribution >= 4 is 11.7 Å². The van der Waals surface area contributed by atoms with Crippen molar-refractivity contribution in [3.05, 3.63) is 29.8 Å². The molecule has 1 rings (SSSR count). The van der Waals surface area contributed by atoms with Crippen LogP contribution in [0.15, 0.2) is 24.3 Å². The second kappa shape index (κ2) is 9.43. The maximum atomic E-state index is 10.9. The van der Waals surface area contributed by atoms with E-state index in [1.807, 2.05) is 6.07 Å². The summed E-state index contributed by atoms with van der Waals surface area (Å²) in [5.74, 6) is -0.278. The van der Waals surface area contributed by atoms with Gasteiger partial charge in [-0.05, 0) is 24.0 Å². The highest BCUT2D eigenvalue weighted by Crippen LogP contribution is 2.27. The van der Waals surface area contributed by atoms with Crippen LogP contribution in [0.3, 0.4) is 0 Å². The summed E-state index contributed by atoms with van der Waals surface area (Å²) in [7, 11) is 0. The molecule has 0 heterocycles. The maximum Gasteiger partial charge on any atom is 0.305 e. The summed E-state index contributed by atoms with van der Waals surface area (Å²) in [5.41, 5.74) is 2.50. The number of hydrogen-bond donors (Lipinski definition) is 1. The SMILES string of the molecule is CCCCCCN(CCC(=O)O)c1ccccc1C(C)C. The van der Waals surface area contributed by atoms with E-state index in [4.69, 9.17) is 5.11 Å². The van der Waals surface area contributed by atoms with Crippen LogP contribution < -0.4 is 4.90 Å². The third-order valence-corrected chi connectivity index (χ3v) is 3.78. The van der Waals surface area contributed by atoms with Crippen LogP contribution in [-0.2, 0) is 4.79 Å². The van der Waals surface area contributed by atoms with Gasteiger partial charge in [-0.15, -0.1) is 0 Å². The van der Waals surface area contributed by atoms with Crippen LogP contribution in [0.5, 0.6) is 0 Å². The molecule has 118 valence electrons. The van der Waals surface area contributed by atoms with Crippen LogP contribution in [-0.4, -0.2) is 24.2 Å². The van der Waals surface area contributed by atoms with E-state index < -0.39 is 5.97 Å². The zero-order valence-corrected chi connectivity index (χ0v) is 13.6. The molecule has 1 aromatic rings. The molecule has 0 bridgehead atoms. The van der Waals surface area contributed by atoms with Crippen molar-refractivity contribution in [2.45, 2.75) is 58.8 Å². The van der Waals surface area contributed by atoms with Crippen molar-refractivity contribution in [1.82, 2.24) is 0 Å². The van der Waals surface area contributed by atoms with Crippen LogP contribution in [0.4, 0.5) is 5.69 Å². The summed E-state index contributed by atoms with van der Waals surface area (Å²) < 4.78 is 0. The predicted molar refractivity (Wildman–Crippen MR) is 89.1 cm³/mol. The standard InChI is InChI=1S/C18H29NO2/c1-4-5-6-9-13-19(14-12-18(20)21)17-11-8-7-10-16(17)15(2)3/h7-8,10-11,15H,4-6,9,12-14H2,1-3H3,(H,20,21). The third kappa shape index (κ3) is 6.19. The molecule has 1 N–H and O–H groups in total. The summed E-state index contributed by atoms with van der Waals surface area (Å²) in [6, 6.07) is 8.38. The van der Waals surface area contributed by atoms with E-state index >= 15 is 0 Å². The number of aliphatic carboxylic acids is 1. The Morgan fingerprint density at radius 3 is 2.48 bits per heavy atom. The lowest BCUT2D eigenvalue weighted by atomic mass is 10.00. The lowest BCUT2D eigenvalue weighted by molar-refractivity contribution is -0.136. The van der Waals surface area contributed by atoms with E-state index in [1.54, 1.807) is 0 Å². The molecular weight excluding hydrogens is 262 g/mol. The lowest BCUT2D eigenvalue weighted by Crippen LogP contribution is -2.28. The monoisotopic (exact) mass is 291 g/mol. The molecule has 0 fully saturated rings. The van der Waals surface area contributed by atoms with Gasteiger partial charge in [0, 0.05) is 18.8 Å². The van der Waals surface area contributed by atoms with Gasteiger partial charge in [0.05, 0.1) is 6.42 Å². The second-order valence-electron chi connectivity index (χ2n) is 5.90. The first kappa shape index (κ1) is 17.5. The molecule has 0 unspecified atom stereocenters. The van der Waals surface area contributed by atoms with Gasteiger partial charge in [-0.2, -0.15) is 0 Å². The first-order valence-corrected chi connectivity index (χ1v) is 8.12. The number of carboxylic acid groups (broad SMARTS) is 1. The van der Waals surface area contributed by atoms with E-state index in [1.165, 1.54) is 30.5 Å². The van der Waals surface area contributed by atoms with Crippen LogP contribution in [0, 0.1) is 0 Å². The predicted octanol–water partition coefficient (Wildman–Crippen LogP) is 4.67. The molecule has 0 aliphatic rings. The molecule has 0 saturated heterocycles. The topological polar surface area (TPSA) is 40.5 Å². The minimum absolute atomic E-state index is 0.195. The molecule has 0 spiro atoms. The summed E-state index contributed by atoms with van der Waals surface area (Å²) in [4.78, 5) is 13.2. The number of rotatable bonds is 10. The quantitative estimate of drug-likeness (QED) is 0.637. The van der Waals surface area contributed by atoms with Gasteiger partial charge in [0.25, 0.3) is 0 Å². The Balaban J connectivity index is 2.81. The van der Waals surface area contributed by atoms with E-state index in [0.29, 0.717) is 12.5 Å². The van der Waals surface area contributed by atoms with Gasteiger partial charge >= 0.3 is 5.97 Å². The van der Waals surface area contributed by atoms with Crippen LogP contribution in [0.25, 0.3) is 0 Å². The van der Waals surface area contributed by atoms with Gasteiger partial charge in [0.1, 0.15) is 0 Å². The fourth-order valence-corrected chi connectivity index (χ4v) is 2.58. The van der Waals surface area contributed by atoms with Crippen molar-refractivity contribution in [2.75, 3.05) is 18.0 Å². The van der Waals surface area contributed by atoms with Crippen molar-refractivity contribution in [2.24, 2.45) is 0 Å². The van der Waals surface area contributed by atoms with Crippen LogP contribution in [0.1, 0.15) is 64.4 Å². The zero-order chi connectivity index (χ0) is 15.7. The van der Waals surface area contributed by atoms with Crippen molar-refractivity contribution in [3.63, 3.8) is 0 Å². The molecule has 0 saturated carbocycles. The summed E-state index contributed by atoms with van der Waals surface area (Å²) >= 11 is 0. The normalized spacial score (nSPS) is 10.9. The van der Waals surface area contributed by atoms with E-state index in [2.05, 4.69) is 43.9 Å². The number of para-hydroxylation sites is 1. The molecule has 21 heavy (non-hydrogen) atoms. The molecule has 0 amide bonds. The number of benzene rings is 1. The molecule has 0 aromatic heterocycles. The largest absolute Gasteiger partial charge is 0.481 e. The fourth-order valence-electron chi connectivity index (χ4n) is 2.58. The van der Waals surface area contributed by atoms with Gasteiger partial charge in [-0.25, -0.2) is 0 Å². The van der Waals surface area contributed by atoms with Gasteiger partial charge in [0.15, 0.2) is 0 Å². The molecule has 0 aliphatic carbocycles. The van der Waals surface area contributed by atoms with Crippen LogP contribution in [0.2, 0.25) is 0 Å².